The number of nitrogens with one attached hydrogen (secondary N) is 2. The van der Waals surface area contributed by atoms with E-state index in [0.717, 1.165) is 37.6 Å². The number of rotatable bonds is 6. The summed E-state index contributed by atoms with van der Waals surface area (Å²) in [5.74, 6) is 0.855. The van der Waals surface area contributed by atoms with Crippen LogP contribution in [0.25, 0.3) is 0 Å². The van der Waals surface area contributed by atoms with Gasteiger partial charge in [-0.15, -0.1) is 46.7 Å². The molecule has 2 aromatic rings. The second-order valence-electron chi connectivity index (χ2n) is 4.42. The van der Waals surface area contributed by atoms with Crippen LogP contribution in [-0.2, 0) is 13.0 Å². The lowest BCUT2D eigenvalue weighted by Crippen LogP contribution is -2.37. The highest BCUT2D eigenvalue weighted by Crippen LogP contribution is 2.10. The Balaban J connectivity index is 0.00000220. The highest BCUT2D eigenvalue weighted by atomic mass is 127. The molecule has 116 valence electrons. The van der Waals surface area contributed by atoms with Crippen molar-refractivity contribution in [3.63, 3.8) is 0 Å². The van der Waals surface area contributed by atoms with Crippen molar-refractivity contribution in [2.75, 3.05) is 13.6 Å². The summed E-state index contributed by atoms with van der Waals surface area (Å²) in [7, 11) is 1.80. The minimum atomic E-state index is 0. The van der Waals surface area contributed by atoms with E-state index in [1.165, 1.54) is 9.88 Å². The SMILES string of the molecule is CN=C(NCCCc1nc(C)cs1)NCc1cccs1.I. The van der Waals surface area contributed by atoms with Gasteiger partial charge in [-0.1, -0.05) is 6.07 Å². The number of aryl methyl sites for hydroxylation is 2. The fourth-order valence-corrected chi connectivity index (χ4v) is 3.23. The van der Waals surface area contributed by atoms with Crippen LogP contribution in [0.5, 0.6) is 0 Å². The number of hydrogen-bond acceptors (Lipinski definition) is 4. The van der Waals surface area contributed by atoms with Crippen LogP contribution in [0.4, 0.5) is 0 Å². The summed E-state index contributed by atoms with van der Waals surface area (Å²) in [5.41, 5.74) is 1.12. The molecule has 7 heteroatoms. The molecule has 0 aliphatic rings. The summed E-state index contributed by atoms with van der Waals surface area (Å²) < 4.78 is 0. The molecule has 0 unspecified atom stereocenters. The van der Waals surface area contributed by atoms with Gasteiger partial charge in [0.2, 0.25) is 0 Å². The van der Waals surface area contributed by atoms with E-state index < -0.39 is 0 Å². The fourth-order valence-electron chi connectivity index (χ4n) is 1.77. The molecule has 0 amide bonds. The Morgan fingerprint density at radius 1 is 1.33 bits per heavy atom. The first kappa shape index (κ1) is 18.4. The summed E-state index contributed by atoms with van der Waals surface area (Å²) in [6.45, 7) is 3.76. The van der Waals surface area contributed by atoms with Crippen molar-refractivity contribution >= 4 is 52.6 Å². The molecule has 0 fully saturated rings. The highest BCUT2D eigenvalue weighted by Gasteiger charge is 2.01. The maximum Gasteiger partial charge on any atom is 0.191 e. The monoisotopic (exact) mass is 436 g/mol. The topological polar surface area (TPSA) is 49.3 Å². The minimum absolute atomic E-state index is 0. The van der Waals surface area contributed by atoms with Gasteiger partial charge in [0, 0.05) is 36.0 Å². The molecule has 0 aromatic carbocycles. The van der Waals surface area contributed by atoms with Crippen molar-refractivity contribution in [3.8, 4) is 0 Å². The first-order valence-electron chi connectivity index (χ1n) is 6.66. The number of nitrogens with zero attached hydrogens (tertiary/aromatic N) is 2. The number of aromatic nitrogens is 1. The predicted molar refractivity (Wildman–Crippen MR) is 103 cm³/mol. The second kappa shape index (κ2) is 10.1. The minimum Gasteiger partial charge on any atom is -0.356 e. The van der Waals surface area contributed by atoms with E-state index >= 15 is 0 Å². The molecule has 2 N–H and O–H groups in total. The van der Waals surface area contributed by atoms with Gasteiger partial charge >= 0.3 is 0 Å². The van der Waals surface area contributed by atoms with Gasteiger partial charge in [-0.3, -0.25) is 4.99 Å². The molecule has 0 saturated heterocycles. The fraction of sp³-hybridized carbons (Fsp3) is 0.429. The summed E-state index contributed by atoms with van der Waals surface area (Å²) >= 11 is 3.49. The molecule has 0 aliphatic heterocycles. The number of halogens is 1. The first-order valence-corrected chi connectivity index (χ1v) is 8.42. The van der Waals surface area contributed by atoms with Crippen LogP contribution >= 0.6 is 46.7 Å². The van der Waals surface area contributed by atoms with Gasteiger partial charge in [0.1, 0.15) is 0 Å². The average molecular weight is 436 g/mol. The third-order valence-electron chi connectivity index (χ3n) is 2.76. The first-order chi connectivity index (χ1) is 9.78. The molecule has 0 spiro atoms. The Bertz CT molecular complexity index is 537. The van der Waals surface area contributed by atoms with Crippen LogP contribution in [0.15, 0.2) is 27.9 Å². The van der Waals surface area contributed by atoms with Gasteiger partial charge in [-0.05, 0) is 24.8 Å². The Labute approximate surface area is 151 Å². The molecule has 2 heterocycles. The van der Waals surface area contributed by atoms with E-state index in [1.807, 2.05) is 6.92 Å². The van der Waals surface area contributed by atoms with Crippen molar-refractivity contribution in [3.05, 3.63) is 38.5 Å². The van der Waals surface area contributed by atoms with Crippen LogP contribution in [0.1, 0.15) is 22.0 Å². The van der Waals surface area contributed by atoms with E-state index in [1.54, 1.807) is 29.7 Å². The van der Waals surface area contributed by atoms with Crippen LogP contribution in [-0.4, -0.2) is 24.5 Å². The lowest BCUT2D eigenvalue weighted by atomic mass is 10.3. The maximum atomic E-state index is 4.46. The molecular formula is C14H21IN4S2. The molecule has 2 rings (SSSR count). The maximum absolute atomic E-state index is 4.46. The van der Waals surface area contributed by atoms with Crippen LogP contribution < -0.4 is 10.6 Å². The zero-order valence-corrected chi connectivity index (χ0v) is 16.2. The van der Waals surface area contributed by atoms with E-state index in [0.29, 0.717) is 0 Å². The van der Waals surface area contributed by atoms with E-state index in [9.17, 15) is 0 Å². The number of thiazole rings is 1. The van der Waals surface area contributed by atoms with Crippen LogP contribution in [0, 0.1) is 6.92 Å². The second-order valence-corrected chi connectivity index (χ2v) is 6.39. The molecule has 0 saturated carbocycles. The van der Waals surface area contributed by atoms with E-state index in [2.05, 4.69) is 43.5 Å². The van der Waals surface area contributed by atoms with Crippen LogP contribution in [0.2, 0.25) is 0 Å². The Morgan fingerprint density at radius 3 is 2.81 bits per heavy atom. The van der Waals surface area contributed by atoms with Gasteiger partial charge < -0.3 is 10.6 Å². The summed E-state index contributed by atoms with van der Waals surface area (Å²) in [4.78, 5) is 10.00. The highest BCUT2D eigenvalue weighted by molar-refractivity contribution is 14.0. The third kappa shape index (κ3) is 6.75. The number of guanidine groups is 1. The molecule has 0 bridgehead atoms. The van der Waals surface area contributed by atoms with Crippen molar-refractivity contribution in [2.24, 2.45) is 4.99 Å². The summed E-state index contributed by atoms with van der Waals surface area (Å²) in [6.07, 6.45) is 2.08. The molecule has 0 aliphatic carbocycles. The van der Waals surface area contributed by atoms with Gasteiger partial charge in [0.25, 0.3) is 0 Å². The smallest absolute Gasteiger partial charge is 0.191 e. The van der Waals surface area contributed by atoms with Gasteiger partial charge in [0.05, 0.1) is 11.6 Å². The lowest BCUT2D eigenvalue weighted by Gasteiger charge is -2.10. The zero-order chi connectivity index (χ0) is 14.2. The van der Waals surface area contributed by atoms with Crippen molar-refractivity contribution < 1.29 is 0 Å². The molecule has 21 heavy (non-hydrogen) atoms. The molecule has 2 aromatic heterocycles. The summed E-state index contributed by atoms with van der Waals surface area (Å²) in [6, 6.07) is 4.18. The van der Waals surface area contributed by atoms with E-state index in [4.69, 9.17) is 0 Å². The average Bonchev–Trinajstić information content (AvgIpc) is 3.09. The predicted octanol–water partition coefficient (Wildman–Crippen LogP) is 3.43. The molecule has 0 atom stereocenters. The molecular weight excluding hydrogens is 415 g/mol. The van der Waals surface area contributed by atoms with Crippen molar-refractivity contribution in [2.45, 2.75) is 26.3 Å². The Kier molecular flexibility index (Phi) is 8.86. The zero-order valence-electron chi connectivity index (χ0n) is 12.3. The third-order valence-corrected chi connectivity index (χ3v) is 4.66. The molecule has 0 radical (unpaired) electrons. The normalized spacial score (nSPS) is 11.0. The van der Waals surface area contributed by atoms with Crippen molar-refractivity contribution in [1.82, 2.24) is 15.6 Å². The number of thiophene rings is 1. The number of hydrogen-bond donors (Lipinski definition) is 2. The Morgan fingerprint density at radius 2 is 2.19 bits per heavy atom. The van der Waals surface area contributed by atoms with Crippen LogP contribution in [0.3, 0.4) is 0 Å². The Hall–Kier alpha value is -0.670. The van der Waals surface area contributed by atoms with Gasteiger partial charge in [0.15, 0.2) is 5.96 Å². The lowest BCUT2D eigenvalue weighted by molar-refractivity contribution is 0.740. The summed E-state index contributed by atoms with van der Waals surface area (Å²) in [5, 5.41) is 12.0. The van der Waals surface area contributed by atoms with Gasteiger partial charge in [-0.25, -0.2) is 4.98 Å². The quantitative estimate of drug-likeness (QED) is 0.316. The van der Waals surface area contributed by atoms with Crippen molar-refractivity contribution in [1.29, 1.82) is 0 Å². The van der Waals surface area contributed by atoms with Gasteiger partial charge in [-0.2, -0.15) is 0 Å². The largest absolute Gasteiger partial charge is 0.356 e. The van der Waals surface area contributed by atoms with E-state index in [-0.39, 0.29) is 24.0 Å². The number of aliphatic imine (C=N–C) groups is 1. The molecule has 4 nitrogen and oxygen atoms in total. The standard InChI is InChI=1S/C14H20N4S2.HI/c1-11-10-20-13(18-11)6-3-7-16-14(15-2)17-9-12-5-4-8-19-12;/h4-5,8,10H,3,6-7,9H2,1-2H3,(H2,15,16,17);1H.